The van der Waals surface area contributed by atoms with Gasteiger partial charge < -0.3 is 26.2 Å². The van der Waals surface area contributed by atoms with Crippen molar-refractivity contribution in [1.29, 1.82) is 0 Å². The van der Waals surface area contributed by atoms with Gasteiger partial charge in [-0.2, -0.15) is 0 Å². The highest BCUT2D eigenvalue weighted by Crippen LogP contribution is 2.24. The first-order valence-electron chi connectivity index (χ1n) is 14.1. The summed E-state index contributed by atoms with van der Waals surface area (Å²) in [5.41, 5.74) is -0.513. The summed E-state index contributed by atoms with van der Waals surface area (Å²) in [5, 5.41) is 10.7. The molecule has 1 saturated heterocycles. The number of nitrogens with zero attached hydrogens (tertiary/aromatic N) is 1. The third-order valence-electron chi connectivity index (χ3n) is 5.43. The molecular formula is C28H57N5O5. The summed E-state index contributed by atoms with van der Waals surface area (Å²) >= 11 is 0. The number of rotatable bonds is 9. The Hall–Kier alpha value is -2.49. The molecule has 0 bridgehead atoms. The highest BCUT2D eigenvalue weighted by molar-refractivity contribution is 6.27. The van der Waals surface area contributed by atoms with Gasteiger partial charge in [-0.3, -0.25) is 19.2 Å². The lowest BCUT2D eigenvalue weighted by molar-refractivity contribution is -0.140. The van der Waals surface area contributed by atoms with E-state index in [9.17, 15) is 24.0 Å². The Morgan fingerprint density at radius 3 is 1.92 bits per heavy atom. The largest absolute Gasteiger partial charge is 0.346 e. The quantitative estimate of drug-likeness (QED) is 0.260. The molecule has 0 aromatic rings. The van der Waals surface area contributed by atoms with Crippen molar-refractivity contribution in [1.82, 2.24) is 26.2 Å². The van der Waals surface area contributed by atoms with E-state index in [0.29, 0.717) is 32.2 Å². The first-order valence-corrected chi connectivity index (χ1v) is 14.1. The van der Waals surface area contributed by atoms with Gasteiger partial charge in [-0.25, -0.2) is 4.79 Å². The number of hydrogen-bond donors (Lipinski definition) is 4. The molecule has 224 valence electrons. The van der Waals surface area contributed by atoms with Crippen LogP contribution in [0.25, 0.3) is 0 Å². The number of nitrogens with one attached hydrogen (secondary N) is 4. The Labute approximate surface area is 231 Å². The van der Waals surface area contributed by atoms with Crippen molar-refractivity contribution in [2.24, 2.45) is 11.3 Å². The first-order chi connectivity index (χ1) is 17.9. The van der Waals surface area contributed by atoms with Crippen molar-refractivity contribution in [3.63, 3.8) is 0 Å². The van der Waals surface area contributed by atoms with Crippen LogP contribution in [0.5, 0.6) is 0 Å². The van der Waals surface area contributed by atoms with E-state index in [1.807, 2.05) is 48.6 Å². The SMILES string of the molecule is CC.CCC.CCCC(NC(=O)C1CCCN(C(=O)C(NC(=O)NC)C(C)(C)C)C1)C(=O)C=O.CCNC. The molecule has 4 N–H and O–H groups in total. The van der Waals surface area contributed by atoms with E-state index in [4.69, 9.17) is 0 Å². The van der Waals surface area contributed by atoms with Gasteiger partial charge in [0.15, 0.2) is 6.29 Å². The third-order valence-corrected chi connectivity index (χ3v) is 5.43. The zero-order chi connectivity index (χ0) is 30.3. The van der Waals surface area contributed by atoms with E-state index in [1.54, 1.807) is 4.90 Å². The minimum Gasteiger partial charge on any atom is -0.346 e. The van der Waals surface area contributed by atoms with Gasteiger partial charge in [0, 0.05) is 20.1 Å². The molecule has 0 aliphatic carbocycles. The van der Waals surface area contributed by atoms with Crippen molar-refractivity contribution >= 4 is 29.9 Å². The predicted molar refractivity (Wildman–Crippen MR) is 155 cm³/mol. The number of Topliss-reactive ketones (excluding diaryl/α,β-unsaturated/α-hetero) is 1. The molecule has 0 saturated carbocycles. The maximum Gasteiger partial charge on any atom is 0.315 e. The molecule has 1 rings (SSSR count). The molecule has 1 aliphatic heterocycles. The molecule has 0 spiro atoms. The number of aldehydes is 1. The fraction of sp³-hybridized carbons (Fsp3) is 0.821. The van der Waals surface area contributed by atoms with Gasteiger partial charge in [-0.15, -0.1) is 0 Å². The van der Waals surface area contributed by atoms with E-state index in [1.165, 1.54) is 13.5 Å². The van der Waals surface area contributed by atoms with Crippen LogP contribution in [0.2, 0.25) is 0 Å². The monoisotopic (exact) mass is 543 g/mol. The van der Waals surface area contributed by atoms with Gasteiger partial charge in [0.2, 0.25) is 17.6 Å². The van der Waals surface area contributed by atoms with Crippen LogP contribution in [0.4, 0.5) is 4.79 Å². The van der Waals surface area contributed by atoms with Crippen molar-refractivity contribution < 1.29 is 24.0 Å². The van der Waals surface area contributed by atoms with E-state index in [2.05, 4.69) is 42.0 Å². The summed E-state index contributed by atoms with van der Waals surface area (Å²) in [6.45, 7) is 19.5. The fourth-order valence-corrected chi connectivity index (χ4v) is 3.37. The Kier molecular flexibility index (Phi) is 24.9. The predicted octanol–water partition coefficient (Wildman–Crippen LogP) is 3.29. The lowest BCUT2D eigenvalue weighted by Crippen LogP contribution is -2.58. The van der Waals surface area contributed by atoms with Crippen LogP contribution in [0.1, 0.15) is 94.4 Å². The molecule has 10 heteroatoms. The normalized spacial score (nSPS) is 15.9. The summed E-state index contributed by atoms with van der Waals surface area (Å²) in [6.07, 6.45) is 3.75. The molecule has 10 nitrogen and oxygen atoms in total. The van der Waals surface area contributed by atoms with Crippen LogP contribution in [0.15, 0.2) is 0 Å². The van der Waals surface area contributed by atoms with Gasteiger partial charge in [0.1, 0.15) is 6.04 Å². The van der Waals surface area contributed by atoms with Crippen molar-refractivity contribution in [2.75, 3.05) is 33.7 Å². The average Bonchev–Trinajstić information content (AvgIpc) is 2.91. The van der Waals surface area contributed by atoms with E-state index < -0.39 is 35.2 Å². The van der Waals surface area contributed by atoms with Crippen LogP contribution in [0, 0.1) is 11.3 Å². The van der Waals surface area contributed by atoms with Gasteiger partial charge in [0.05, 0.1) is 12.0 Å². The molecule has 38 heavy (non-hydrogen) atoms. The summed E-state index contributed by atoms with van der Waals surface area (Å²) in [4.78, 5) is 61.7. The standard InChI is InChI=1S/C20H34N4O5.C3H9N.C3H8.C2H6/c1-6-8-14(15(26)12-25)22-17(27)13-9-7-10-24(11-13)18(28)16(20(2,3)4)23-19(29)21-5;1-3-4-2;1-3-2;1-2/h12-14,16H,6-11H2,1-5H3,(H,22,27)(H2,21,23,29);4H,3H2,1-2H3;3H2,1-2H3;1-2H3. The van der Waals surface area contributed by atoms with Crippen LogP contribution in [-0.2, 0) is 19.2 Å². The Morgan fingerprint density at radius 2 is 1.53 bits per heavy atom. The minimum absolute atomic E-state index is 0.209. The van der Waals surface area contributed by atoms with Crippen molar-refractivity contribution in [2.45, 2.75) is 107 Å². The molecule has 1 aliphatic rings. The first kappa shape index (κ1) is 40.0. The van der Waals surface area contributed by atoms with Gasteiger partial charge in [-0.1, -0.05) is 75.2 Å². The summed E-state index contributed by atoms with van der Waals surface area (Å²) in [5.74, 6) is -1.69. The highest BCUT2D eigenvalue weighted by Gasteiger charge is 2.38. The van der Waals surface area contributed by atoms with E-state index in [-0.39, 0.29) is 24.6 Å². The lowest BCUT2D eigenvalue weighted by atomic mass is 9.85. The van der Waals surface area contributed by atoms with Crippen LogP contribution >= 0.6 is 0 Å². The second-order valence-corrected chi connectivity index (χ2v) is 9.93. The Balaban J connectivity index is -0.00000119. The lowest BCUT2D eigenvalue weighted by Gasteiger charge is -2.38. The number of carbonyl (C=O) groups excluding carboxylic acids is 5. The number of piperidine rings is 1. The molecule has 3 unspecified atom stereocenters. The van der Waals surface area contributed by atoms with Crippen LogP contribution in [-0.4, -0.2) is 80.6 Å². The molecule has 3 atom stereocenters. The molecule has 4 amide bonds. The zero-order valence-corrected chi connectivity index (χ0v) is 26.0. The number of carbonyl (C=O) groups is 5. The van der Waals surface area contributed by atoms with Crippen LogP contribution < -0.4 is 21.3 Å². The average molecular weight is 544 g/mol. The maximum absolute atomic E-state index is 13.1. The van der Waals surface area contributed by atoms with Crippen LogP contribution in [0.3, 0.4) is 0 Å². The Bertz CT molecular complexity index is 677. The smallest absolute Gasteiger partial charge is 0.315 e. The third kappa shape index (κ3) is 17.1. The zero-order valence-electron chi connectivity index (χ0n) is 26.0. The molecule has 0 aromatic heterocycles. The second kappa shape index (κ2) is 23.6. The maximum atomic E-state index is 13.1. The molecule has 0 radical (unpaired) electrons. The Morgan fingerprint density at radius 1 is 1.00 bits per heavy atom. The van der Waals surface area contributed by atoms with Crippen molar-refractivity contribution in [3.05, 3.63) is 0 Å². The van der Waals surface area contributed by atoms with E-state index in [0.717, 1.165) is 6.54 Å². The fourth-order valence-electron chi connectivity index (χ4n) is 3.37. The number of hydrogen-bond acceptors (Lipinski definition) is 6. The summed E-state index contributed by atoms with van der Waals surface area (Å²) in [6, 6.07) is -2.01. The number of urea groups is 1. The van der Waals surface area contributed by atoms with Gasteiger partial charge in [0.25, 0.3) is 0 Å². The molecular weight excluding hydrogens is 486 g/mol. The molecule has 1 fully saturated rings. The van der Waals surface area contributed by atoms with Gasteiger partial charge in [-0.05, 0) is 38.3 Å². The van der Waals surface area contributed by atoms with Crippen molar-refractivity contribution in [3.8, 4) is 0 Å². The molecule has 0 aromatic carbocycles. The number of amides is 4. The highest BCUT2D eigenvalue weighted by atomic mass is 16.2. The second-order valence-electron chi connectivity index (χ2n) is 9.93. The minimum atomic E-state index is -0.826. The van der Waals surface area contributed by atoms with Gasteiger partial charge >= 0.3 is 6.03 Å². The summed E-state index contributed by atoms with van der Waals surface area (Å²) < 4.78 is 0. The summed E-state index contributed by atoms with van der Waals surface area (Å²) in [7, 11) is 3.41. The number of likely N-dealkylation sites (tertiary alicyclic amines) is 1. The topological polar surface area (TPSA) is 137 Å². The number of ketones is 1. The van der Waals surface area contributed by atoms with E-state index >= 15 is 0 Å². The molecule has 1 heterocycles.